The Morgan fingerprint density at radius 2 is 1.88 bits per heavy atom. The van der Waals surface area contributed by atoms with Gasteiger partial charge in [0.2, 0.25) is 0 Å². The van der Waals surface area contributed by atoms with Crippen molar-refractivity contribution in [1.29, 1.82) is 0 Å². The van der Waals surface area contributed by atoms with Crippen molar-refractivity contribution in [3.8, 4) is 0 Å². The van der Waals surface area contributed by atoms with Crippen molar-refractivity contribution >= 4 is 35.6 Å². The number of guanidine groups is 1. The van der Waals surface area contributed by atoms with Gasteiger partial charge in [-0.15, -0.1) is 24.0 Å². The molecule has 2 rings (SSSR count). The average molecular weight is 442 g/mol. The molecule has 134 valence electrons. The summed E-state index contributed by atoms with van der Waals surface area (Å²) in [4.78, 5) is 7.00. The first-order valence-electron chi connectivity index (χ1n) is 8.75. The predicted octanol–water partition coefficient (Wildman–Crippen LogP) is 3.79. The standard InChI is InChI=1S/C19H30N4.HI/c1-3-20-19(22-17-11-7-8-12-17)21-15-9-10-16-23(2)18-13-5-4-6-14-18;/h4-8,13-14,17H,3,9-12,15-16H2,1-2H3,(H2,20,21,22);1H. The third kappa shape index (κ3) is 7.55. The van der Waals surface area contributed by atoms with Crippen molar-refractivity contribution in [2.75, 3.05) is 31.6 Å². The van der Waals surface area contributed by atoms with Gasteiger partial charge in [-0.1, -0.05) is 30.4 Å². The van der Waals surface area contributed by atoms with Gasteiger partial charge in [0.25, 0.3) is 0 Å². The smallest absolute Gasteiger partial charge is 0.191 e. The van der Waals surface area contributed by atoms with Gasteiger partial charge in [-0.2, -0.15) is 0 Å². The third-order valence-electron chi connectivity index (χ3n) is 4.06. The lowest BCUT2D eigenvalue weighted by molar-refractivity contribution is 0.630. The summed E-state index contributed by atoms with van der Waals surface area (Å²) in [7, 11) is 2.15. The molecule has 0 heterocycles. The molecule has 0 atom stereocenters. The van der Waals surface area contributed by atoms with E-state index >= 15 is 0 Å². The van der Waals surface area contributed by atoms with E-state index in [0.717, 1.165) is 51.3 Å². The Bertz CT molecular complexity index is 493. The molecule has 1 aromatic rings. The maximum atomic E-state index is 4.69. The highest BCUT2D eigenvalue weighted by molar-refractivity contribution is 14.0. The Kier molecular flexibility index (Phi) is 10.5. The van der Waals surface area contributed by atoms with Gasteiger partial charge >= 0.3 is 0 Å². The number of unbranched alkanes of at least 4 members (excludes halogenated alkanes) is 1. The van der Waals surface area contributed by atoms with Crippen LogP contribution in [0, 0.1) is 0 Å². The summed E-state index contributed by atoms with van der Waals surface area (Å²) >= 11 is 0. The van der Waals surface area contributed by atoms with Crippen molar-refractivity contribution in [3.63, 3.8) is 0 Å². The zero-order valence-electron chi connectivity index (χ0n) is 14.9. The van der Waals surface area contributed by atoms with E-state index in [1.54, 1.807) is 0 Å². The summed E-state index contributed by atoms with van der Waals surface area (Å²) in [5.41, 5.74) is 1.28. The summed E-state index contributed by atoms with van der Waals surface area (Å²) in [6.45, 7) is 4.95. The molecule has 5 heteroatoms. The number of nitrogens with one attached hydrogen (secondary N) is 2. The van der Waals surface area contributed by atoms with Crippen LogP contribution in [0.3, 0.4) is 0 Å². The molecule has 2 N–H and O–H groups in total. The summed E-state index contributed by atoms with van der Waals surface area (Å²) in [5.74, 6) is 0.956. The lowest BCUT2D eigenvalue weighted by Gasteiger charge is -2.19. The van der Waals surface area contributed by atoms with Crippen LogP contribution in [-0.2, 0) is 0 Å². The Morgan fingerprint density at radius 1 is 1.17 bits per heavy atom. The lowest BCUT2D eigenvalue weighted by Crippen LogP contribution is -2.42. The lowest BCUT2D eigenvalue weighted by atomic mass is 10.2. The Hall–Kier alpha value is -1.24. The zero-order chi connectivity index (χ0) is 16.3. The maximum Gasteiger partial charge on any atom is 0.191 e. The van der Waals surface area contributed by atoms with E-state index in [9.17, 15) is 0 Å². The summed E-state index contributed by atoms with van der Waals surface area (Å²) in [6, 6.07) is 11.0. The number of hydrogen-bond acceptors (Lipinski definition) is 2. The van der Waals surface area contributed by atoms with Gasteiger partial charge in [0.1, 0.15) is 0 Å². The van der Waals surface area contributed by atoms with E-state index in [1.165, 1.54) is 5.69 Å². The third-order valence-corrected chi connectivity index (χ3v) is 4.06. The Balaban J connectivity index is 0.00000288. The number of benzene rings is 1. The van der Waals surface area contributed by atoms with Gasteiger partial charge in [0.05, 0.1) is 0 Å². The van der Waals surface area contributed by atoms with Crippen LogP contribution < -0.4 is 15.5 Å². The molecule has 24 heavy (non-hydrogen) atoms. The topological polar surface area (TPSA) is 39.7 Å². The van der Waals surface area contributed by atoms with Crippen molar-refractivity contribution in [2.45, 2.75) is 38.6 Å². The van der Waals surface area contributed by atoms with Crippen LogP contribution in [0.2, 0.25) is 0 Å². The molecular weight excluding hydrogens is 411 g/mol. The van der Waals surface area contributed by atoms with E-state index in [1.807, 2.05) is 0 Å². The fourth-order valence-corrected chi connectivity index (χ4v) is 2.71. The zero-order valence-corrected chi connectivity index (χ0v) is 17.2. The summed E-state index contributed by atoms with van der Waals surface area (Å²) in [5, 5.41) is 6.84. The van der Waals surface area contributed by atoms with Crippen LogP contribution in [0.4, 0.5) is 5.69 Å². The van der Waals surface area contributed by atoms with Gasteiger partial charge in [-0.05, 0) is 44.7 Å². The molecule has 4 nitrogen and oxygen atoms in total. The minimum absolute atomic E-state index is 0. The Labute approximate surface area is 163 Å². The van der Waals surface area contributed by atoms with Crippen LogP contribution in [-0.4, -0.2) is 38.7 Å². The summed E-state index contributed by atoms with van der Waals surface area (Å²) in [6.07, 6.45) is 8.94. The Morgan fingerprint density at radius 3 is 2.54 bits per heavy atom. The number of para-hydroxylation sites is 1. The molecule has 1 aliphatic carbocycles. The van der Waals surface area contributed by atoms with Gasteiger partial charge < -0.3 is 15.5 Å². The molecule has 0 spiro atoms. The molecule has 0 fully saturated rings. The number of halogens is 1. The van der Waals surface area contributed by atoms with E-state index < -0.39 is 0 Å². The SMILES string of the molecule is CCNC(=NCCCCN(C)c1ccccc1)NC1CC=CC1.I. The molecule has 0 saturated heterocycles. The van der Waals surface area contributed by atoms with Gasteiger partial charge in [-0.25, -0.2) is 0 Å². The highest BCUT2D eigenvalue weighted by atomic mass is 127. The molecule has 0 radical (unpaired) electrons. The van der Waals surface area contributed by atoms with E-state index in [2.05, 4.69) is 72.0 Å². The number of nitrogens with zero attached hydrogens (tertiary/aromatic N) is 2. The largest absolute Gasteiger partial charge is 0.375 e. The average Bonchev–Trinajstić information content (AvgIpc) is 3.08. The fourth-order valence-electron chi connectivity index (χ4n) is 2.71. The van der Waals surface area contributed by atoms with Crippen molar-refractivity contribution in [1.82, 2.24) is 10.6 Å². The van der Waals surface area contributed by atoms with Crippen molar-refractivity contribution < 1.29 is 0 Å². The first kappa shape index (κ1) is 20.8. The quantitative estimate of drug-likeness (QED) is 0.212. The van der Waals surface area contributed by atoms with Crippen LogP contribution in [0.5, 0.6) is 0 Å². The molecular formula is C19H31IN4. The van der Waals surface area contributed by atoms with Crippen LogP contribution >= 0.6 is 24.0 Å². The number of anilines is 1. The summed E-state index contributed by atoms with van der Waals surface area (Å²) < 4.78 is 0. The van der Waals surface area contributed by atoms with E-state index in [4.69, 9.17) is 4.99 Å². The fraction of sp³-hybridized carbons (Fsp3) is 0.526. The predicted molar refractivity (Wildman–Crippen MR) is 116 cm³/mol. The van der Waals surface area contributed by atoms with Crippen molar-refractivity contribution in [2.24, 2.45) is 4.99 Å². The van der Waals surface area contributed by atoms with Gasteiger partial charge in [0.15, 0.2) is 5.96 Å². The first-order chi connectivity index (χ1) is 11.3. The maximum absolute atomic E-state index is 4.69. The van der Waals surface area contributed by atoms with Crippen molar-refractivity contribution in [3.05, 3.63) is 42.5 Å². The van der Waals surface area contributed by atoms with E-state index in [-0.39, 0.29) is 24.0 Å². The highest BCUT2D eigenvalue weighted by Crippen LogP contribution is 2.11. The highest BCUT2D eigenvalue weighted by Gasteiger charge is 2.11. The molecule has 0 aromatic heterocycles. The number of aliphatic imine (C=N–C) groups is 1. The number of rotatable bonds is 8. The first-order valence-corrected chi connectivity index (χ1v) is 8.75. The van der Waals surface area contributed by atoms with Gasteiger partial charge in [-0.3, -0.25) is 4.99 Å². The molecule has 0 bridgehead atoms. The van der Waals surface area contributed by atoms with Gasteiger partial charge in [0, 0.05) is 38.4 Å². The van der Waals surface area contributed by atoms with Crippen LogP contribution in [0.1, 0.15) is 32.6 Å². The molecule has 0 aliphatic heterocycles. The van der Waals surface area contributed by atoms with Crippen LogP contribution in [0.15, 0.2) is 47.5 Å². The second kappa shape index (κ2) is 12.2. The second-order valence-corrected chi connectivity index (χ2v) is 6.01. The monoisotopic (exact) mass is 442 g/mol. The molecule has 1 aliphatic rings. The molecule has 0 unspecified atom stereocenters. The minimum atomic E-state index is 0. The van der Waals surface area contributed by atoms with Crippen LogP contribution in [0.25, 0.3) is 0 Å². The molecule has 0 saturated carbocycles. The second-order valence-electron chi connectivity index (χ2n) is 6.01. The normalized spacial score (nSPS) is 14.3. The van der Waals surface area contributed by atoms with E-state index in [0.29, 0.717) is 6.04 Å². The number of hydrogen-bond donors (Lipinski definition) is 2. The molecule has 0 amide bonds. The molecule has 1 aromatic carbocycles. The minimum Gasteiger partial charge on any atom is -0.375 e.